The number of ether oxygens (including phenoxy) is 1. The second kappa shape index (κ2) is 9.57. The van der Waals surface area contributed by atoms with Crippen LogP contribution in [0, 0.1) is 19.7 Å². The van der Waals surface area contributed by atoms with E-state index >= 15 is 0 Å². The van der Waals surface area contributed by atoms with Crippen LogP contribution in [0.3, 0.4) is 0 Å². The summed E-state index contributed by atoms with van der Waals surface area (Å²) < 4.78 is 20.7. The fourth-order valence-corrected chi connectivity index (χ4v) is 3.12. The number of anilines is 1. The van der Waals surface area contributed by atoms with Gasteiger partial charge in [-0.3, -0.25) is 4.79 Å². The lowest BCUT2D eigenvalue weighted by Gasteiger charge is -2.13. The molecule has 0 aliphatic carbocycles. The molecule has 0 fully saturated rings. The Morgan fingerprint density at radius 2 is 1.90 bits per heavy atom. The number of aromatic nitrogens is 2. The van der Waals surface area contributed by atoms with Crippen molar-refractivity contribution < 1.29 is 18.7 Å². The molecule has 160 valence electrons. The van der Waals surface area contributed by atoms with Crippen molar-refractivity contribution in [2.75, 3.05) is 5.32 Å². The molecule has 8 heteroatoms. The summed E-state index contributed by atoms with van der Waals surface area (Å²) in [4.78, 5) is 24.4. The van der Waals surface area contributed by atoms with Crippen LogP contribution in [0.5, 0.6) is 0 Å². The van der Waals surface area contributed by atoms with Crippen molar-refractivity contribution in [1.82, 2.24) is 9.78 Å². The second-order valence-electron chi connectivity index (χ2n) is 6.86. The fraction of sp³-hybridized carbons (Fsp3) is 0.174. The molecule has 1 unspecified atom stereocenters. The molecule has 3 aromatic rings. The van der Waals surface area contributed by atoms with Gasteiger partial charge in [-0.25, -0.2) is 13.9 Å². The number of benzene rings is 2. The Hall–Kier alpha value is -3.45. The molecule has 0 spiro atoms. The van der Waals surface area contributed by atoms with E-state index in [1.54, 1.807) is 10.8 Å². The Kier molecular flexibility index (Phi) is 6.87. The number of halogens is 2. The minimum absolute atomic E-state index is 0.0487. The summed E-state index contributed by atoms with van der Waals surface area (Å²) in [7, 11) is 0. The van der Waals surface area contributed by atoms with Crippen LogP contribution in [0.15, 0.2) is 54.6 Å². The summed E-state index contributed by atoms with van der Waals surface area (Å²) in [6, 6.07) is 13.5. The molecular weight excluding hydrogens is 421 g/mol. The third kappa shape index (κ3) is 5.38. The highest BCUT2D eigenvalue weighted by Gasteiger charge is 2.18. The molecule has 3 rings (SSSR count). The van der Waals surface area contributed by atoms with Gasteiger partial charge < -0.3 is 10.1 Å². The highest BCUT2D eigenvalue weighted by molar-refractivity contribution is 6.30. The van der Waals surface area contributed by atoms with E-state index in [2.05, 4.69) is 10.4 Å². The first kappa shape index (κ1) is 22.2. The zero-order valence-corrected chi connectivity index (χ0v) is 18.0. The Morgan fingerprint density at radius 3 is 2.58 bits per heavy atom. The van der Waals surface area contributed by atoms with Crippen molar-refractivity contribution in [3.63, 3.8) is 0 Å². The van der Waals surface area contributed by atoms with Crippen LogP contribution in [0.1, 0.15) is 23.9 Å². The maximum absolute atomic E-state index is 13.8. The molecule has 31 heavy (non-hydrogen) atoms. The molecule has 0 saturated heterocycles. The van der Waals surface area contributed by atoms with Gasteiger partial charge in [-0.2, -0.15) is 5.10 Å². The number of para-hydroxylation sites is 1. The van der Waals surface area contributed by atoms with E-state index in [0.717, 1.165) is 28.7 Å². The quantitative estimate of drug-likeness (QED) is 0.437. The van der Waals surface area contributed by atoms with Gasteiger partial charge in [0.15, 0.2) is 6.10 Å². The Morgan fingerprint density at radius 1 is 1.19 bits per heavy atom. The summed E-state index contributed by atoms with van der Waals surface area (Å²) in [5.74, 6) is -2.04. The van der Waals surface area contributed by atoms with E-state index in [4.69, 9.17) is 16.3 Å². The van der Waals surface area contributed by atoms with Gasteiger partial charge in [-0.1, -0.05) is 29.8 Å². The summed E-state index contributed by atoms with van der Waals surface area (Å²) in [5, 5.41) is 7.09. The van der Waals surface area contributed by atoms with Crippen LogP contribution in [-0.2, 0) is 14.3 Å². The molecule has 0 aliphatic heterocycles. The SMILES string of the molecule is Cc1nn(-c2ccccc2)c(C)c1/C=C/C(=O)OC(C)C(=O)Nc1ccc(Cl)cc1F. The second-order valence-corrected chi connectivity index (χ2v) is 7.29. The molecule has 1 aromatic heterocycles. The van der Waals surface area contributed by atoms with Gasteiger partial charge in [-0.05, 0) is 57.2 Å². The van der Waals surface area contributed by atoms with Gasteiger partial charge in [0.1, 0.15) is 5.82 Å². The first-order valence-electron chi connectivity index (χ1n) is 9.52. The lowest BCUT2D eigenvalue weighted by Crippen LogP contribution is -2.29. The van der Waals surface area contributed by atoms with Crippen LogP contribution in [0.2, 0.25) is 5.02 Å². The summed E-state index contributed by atoms with van der Waals surface area (Å²) in [6.45, 7) is 5.14. The number of aryl methyl sites for hydroxylation is 1. The van der Waals surface area contributed by atoms with Crippen LogP contribution < -0.4 is 5.32 Å². The van der Waals surface area contributed by atoms with E-state index < -0.39 is 23.8 Å². The molecule has 1 N–H and O–H groups in total. The van der Waals surface area contributed by atoms with E-state index in [1.807, 2.05) is 44.2 Å². The van der Waals surface area contributed by atoms with E-state index in [9.17, 15) is 14.0 Å². The molecular formula is C23H21ClFN3O3. The number of carbonyl (C=O) groups excluding carboxylic acids is 2. The van der Waals surface area contributed by atoms with E-state index in [0.29, 0.717) is 0 Å². The van der Waals surface area contributed by atoms with Crippen molar-refractivity contribution in [2.24, 2.45) is 0 Å². The number of nitrogens with zero attached hydrogens (tertiary/aromatic N) is 2. The molecule has 6 nitrogen and oxygen atoms in total. The maximum atomic E-state index is 13.8. The summed E-state index contributed by atoms with van der Waals surface area (Å²) >= 11 is 5.69. The third-order valence-electron chi connectivity index (χ3n) is 4.59. The van der Waals surface area contributed by atoms with Crippen molar-refractivity contribution in [2.45, 2.75) is 26.9 Å². The van der Waals surface area contributed by atoms with Crippen LogP contribution >= 0.6 is 11.6 Å². The summed E-state index contributed by atoms with van der Waals surface area (Å²) in [6.07, 6.45) is 1.71. The van der Waals surface area contributed by atoms with Crippen LogP contribution in [0.25, 0.3) is 11.8 Å². The van der Waals surface area contributed by atoms with E-state index in [1.165, 1.54) is 25.1 Å². The van der Waals surface area contributed by atoms with Gasteiger partial charge >= 0.3 is 5.97 Å². The molecule has 1 heterocycles. The Labute approximate surface area is 184 Å². The van der Waals surface area contributed by atoms with Crippen molar-refractivity contribution in [3.05, 3.63) is 82.4 Å². The predicted molar refractivity (Wildman–Crippen MR) is 118 cm³/mol. The molecule has 2 aromatic carbocycles. The van der Waals surface area contributed by atoms with Crippen molar-refractivity contribution >= 4 is 35.2 Å². The van der Waals surface area contributed by atoms with Gasteiger partial charge in [0.2, 0.25) is 0 Å². The predicted octanol–water partition coefficient (Wildman–Crippen LogP) is 4.87. The van der Waals surface area contributed by atoms with Gasteiger partial charge in [0.05, 0.1) is 17.1 Å². The molecule has 0 bridgehead atoms. The Bertz CT molecular complexity index is 1140. The molecule has 0 aliphatic rings. The van der Waals surface area contributed by atoms with Gasteiger partial charge in [0, 0.05) is 22.4 Å². The fourth-order valence-electron chi connectivity index (χ4n) is 2.96. The normalized spacial score (nSPS) is 12.0. The van der Waals surface area contributed by atoms with Crippen LogP contribution in [0.4, 0.5) is 10.1 Å². The minimum atomic E-state index is -1.12. The van der Waals surface area contributed by atoms with Crippen LogP contribution in [-0.4, -0.2) is 27.8 Å². The number of hydrogen-bond acceptors (Lipinski definition) is 4. The average molecular weight is 442 g/mol. The van der Waals surface area contributed by atoms with Gasteiger partial charge in [0.25, 0.3) is 5.91 Å². The maximum Gasteiger partial charge on any atom is 0.331 e. The number of rotatable bonds is 6. The number of carbonyl (C=O) groups is 2. The number of amides is 1. The molecule has 1 amide bonds. The minimum Gasteiger partial charge on any atom is -0.449 e. The molecule has 0 saturated carbocycles. The lowest BCUT2D eigenvalue weighted by molar-refractivity contribution is -0.148. The van der Waals surface area contributed by atoms with Crippen molar-refractivity contribution in [1.29, 1.82) is 0 Å². The summed E-state index contributed by atoms with van der Waals surface area (Å²) in [5.41, 5.74) is 3.24. The highest BCUT2D eigenvalue weighted by atomic mass is 35.5. The molecule has 1 atom stereocenters. The monoisotopic (exact) mass is 441 g/mol. The Balaban J connectivity index is 1.65. The smallest absolute Gasteiger partial charge is 0.331 e. The first-order chi connectivity index (χ1) is 14.8. The number of hydrogen-bond donors (Lipinski definition) is 1. The standard InChI is InChI=1S/C23H21ClFN3O3/c1-14-19(15(2)28(27-14)18-7-5-4-6-8-18)10-12-22(29)31-16(3)23(30)26-21-11-9-17(24)13-20(21)25/h4-13,16H,1-3H3,(H,26,30)/b12-10+. The topological polar surface area (TPSA) is 73.2 Å². The van der Waals surface area contributed by atoms with E-state index in [-0.39, 0.29) is 10.7 Å². The zero-order valence-electron chi connectivity index (χ0n) is 17.2. The zero-order chi connectivity index (χ0) is 22.5. The number of esters is 1. The average Bonchev–Trinajstić information content (AvgIpc) is 3.02. The lowest BCUT2D eigenvalue weighted by atomic mass is 10.2. The van der Waals surface area contributed by atoms with Gasteiger partial charge in [-0.15, -0.1) is 0 Å². The van der Waals surface area contributed by atoms with Crippen molar-refractivity contribution in [3.8, 4) is 5.69 Å². The number of nitrogens with one attached hydrogen (secondary N) is 1. The largest absolute Gasteiger partial charge is 0.449 e. The third-order valence-corrected chi connectivity index (χ3v) is 4.82. The molecule has 0 radical (unpaired) electrons. The first-order valence-corrected chi connectivity index (χ1v) is 9.90. The highest BCUT2D eigenvalue weighted by Crippen LogP contribution is 2.20.